The normalized spacial score (nSPS) is 22.8. The van der Waals surface area contributed by atoms with Crippen molar-refractivity contribution in [1.29, 1.82) is 0 Å². The maximum Gasteiger partial charge on any atom is 0.254 e. The van der Waals surface area contributed by atoms with Crippen LogP contribution in [-0.4, -0.2) is 59.6 Å². The maximum atomic E-state index is 13.8. The Kier molecular flexibility index (Phi) is 5.35. The molecule has 2 aliphatic heterocycles. The first kappa shape index (κ1) is 19.2. The van der Waals surface area contributed by atoms with Crippen molar-refractivity contribution in [3.05, 3.63) is 35.4 Å². The summed E-state index contributed by atoms with van der Waals surface area (Å²) in [5.41, 5.74) is -0.669. The number of morpholine rings is 1. The summed E-state index contributed by atoms with van der Waals surface area (Å²) in [6, 6.07) is 4.33. The molecule has 1 amide bonds. The second kappa shape index (κ2) is 7.24. The quantitative estimate of drug-likeness (QED) is 0.821. The zero-order chi connectivity index (χ0) is 18.9. The van der Waals surface area contributed by atoms with Gasteiger partial charge in [-0.1, -0.05) is 12.1 Å². The molecule has 0 N–H and O–H groups in total. The van der Waals surface area contributed by atoms with Crippen LogP contribution >= 0.6 is 0 Å². The highest BCUT2D eigenvalue weighted by atomic mass is 19.2. The van der Waals surface area contributed by atoms with Crippen molar-refractivity contribution in [3.8, 4) is 0 Å². The molecule has 0 saturated carbocycles. The molecular weight excluding hydrogens is 338 g/mol. The van der Waals surface area contributed by atoms with Gasteiger partial charge >= 0.3 is 0 Å². The van der Waals surface area contributed by atoms with Gasteiger partial charge in [-0.25, -0.2) is 8.78 Å². The second-order valence-electron chi connectivity index (χ2n) is 7.92. The van der Waals surface area contributed by atoms with E-state index < -0.39 is 17.2 Å². The Balaban J connectivity index is 1.58. The summed E-state index contributed by atoms with van der Waals surface area (Å²) in [5.74, 6) is -1.48. The van der Waals surface area contributed by atoms with Crippen LogP contribution in [0.15, 0.2) is 18.2 Å². The Bertz CT molecular complexity index is 670. The Hall–Kier alpha value is -1.53. The highest BCUT2D eigenvalue weighted by molar-refractivity contribution is 5.85. The number of hydrogen-bond acceptors (Lipinski definition) is 3. The number of hydrogen-bond donors (Lipinski definition) is 0. The molecule has 0 unspecified atom stereocenters. The van der Waals surface area contributed by atoms with E-state index in [9.17, 15) is 13.6 Å². The van der Waals surface area contributed by atoms with Gasteiger partial charge in [0.05, 0.1) is 5.60 Å². The van der Waals surface area contributed by atoms with Crippen molar-refractivity contribution in [2.45, 2.75) is 51.2 Å². The standard InChI is InChI=1S/C20H28F2N2O2/c1-4-24-14-20(26-19(2,3)18(24)25)9-12-23(13-10-20)11-8-15-6-5-7-16(21)17(15)22/h5-7H,4,8-14H2,1-3H3. The Morgan fingerprint density at radius 1 is 1.19 bits per heavy atom. The lowest BCUT2D eigenvalue weighted by Gasteiger charge is -2.52. The summed E-state index contributed by atoms with van der Waals surface area (Å²) >= 11 is 0. The monoisotopic (exact) mass is 366 g/mol. The number of likely N-dealkylation sites (tertiary alicyclic amines) is 1. The van der Waals surface area contributed by atoms with E-state index in [4.69, 9.17) is 4.74 Å². The summed E-state index contributed by atoms with van der Waals surface area (Å²) in [4.78, 5) is 16.6. The lowest BCUT2D eigenvalue weighted by Crippen LogP contribution is -2.65. The number of benzene rings is 1. The van der Waals surface area contributed by atoms with Crippen molar-refractivity contribution < 1.29 is 18.3 Å². The molecule has 4 nitrogen and oxygen atoms in total. The molecule has 26 heavy (non-hydrogen) atoms. The van der Waals surface area contributed by atoms with Crippen molar-refractivity contribution in [2.75, 3.05) is 32.7 Å². The molecule has 0 aromatic heterocycles. The van der Waals surface area contributed by atoms with Gasteiger partial charge in [-0.3, -0.25) is 4.79 Å². The van der Waals surface area contributed by atoms with Gasteiger partial charge in [0.1, 0.15) is 5.60 Å². The van der Waals surface area contributed by atoms with Gasteiger partial charge in [0, 0.05) is 32.7 Å². The third-order valence-corrected chi connectivity index (χ3v) is 5.63. The van der Waals surface area contributed by atoms with Crippen LogP contribution < -0.4 is 0 Å². The first-order chi connectivity index (χ1) is 12.3. The number of nitrogens with zero attached hydrogens (tertiary/aromatic N) is 2. The van der Waals surface area contributed by atoms with Crippen LogP contribution in [0.4, 0.5) is 8.78 Å². The van der Waals surface area contributed by atoms with Crippen molar-refractivity contribution in [1.82, 2.24) is 9.80 Å². The van der Waals surface area contributed by atoms with Crippen LogP contribution in [0.5, 0.6) is 0 Å². The van der Waals surface area contributed by atoms with Crippen LogP contribution in [0.2, 0.25) is 0 Å². The van der Waals surface area contributed by atoms with Gasteiger partial charge in [-0.05, 0) is 51.7 Å². The largest absolute Gasteiger partial charge is 0.357 e. The smallest absolute Gasteiger partial charge is 0.254 e. The number of carbonyl (C=O) groups is 1. The van der Waals surface area contributed by atoms with Crippen molar-refractivity contribution >= 4 is 5.91 Å². The average molecular weight is 366 g/mol. The third kappa shape index (κ3) is 3.76. The number of carbonyl (C=O) groups excluding carboxylic acids is 1. The van der Waals surface area contributed by atoms with E-state index in [1.54, 1.807) is 12.1 Å². The molecule has 3 rings (SSSR count). The lowest BCUT2D eigenvalue weighted by atomic mass is 9.86. The molecule has 2 fully saturated rings. The predicted molar refractivity (Wildman–Crippen MR) is 95.9 cm³/mol. The molecule has 1 spiro atoms. The molecule has 1 aromatic carbocycles. The van der Waals surface area contributed by atoms with Gasteiger partial charge in [0.15, 0.2) is 11.6 Å². The molecule has 0 aliphatic carbocycles. The van der Waals surface area contributed by atoms with E-state index in [1.165, 1.54) is 0 Å². The van der Waals surface area contributed by atoms with Crippen LogP contribution in [0, 0.1) is 11.6 Å². The zero-order valence-corrected chi connectivity index (χ0v) is 15.9. The highest BCUT2D eigenvalue weighted by Gasteiger charge is 2.50. The molecule has 0 radical (unpaired) electrons. The minimum Gasteiger partial charge on any atom is -0.357 e. The Labute approximate surface area is 154 Å². The van der Waals surface area contributed by atoms with Gasteiger partial charge in [-0.15, -0.1) is 0 Å². The molecule has 0 bridgehead atoms. The summed E-state index contributed by atoms with van der Waals surface area (Å²) in [6.07, 6.45) is 2.17. The van der Waals surface area contributed by atoms with Crippen LogP contribution in [0.1, 0.15) is 39.2 Å². The van der Waals surface area contributed by atoms with Crippen LogP contribution in [0.3, 0.4) is 0 Å². The summed E-state index contributed by atoms with van der Waals surface area (Å²) in [5, 5.41) is 0. The number of likely N-dealkylation sites (N-methyl/N-ethyl adjacent to an activating group) is 1. The first-order valence-corrected chi connectivity index (χ1v) is 9.41. The number of piperidine rings is 1. The Morgan fingerprint density at radius 3 is 2.54 bits per heavy atom. The minimum absolute atomic E-state index is 0.0506. The topological polar surface area (TPSA) is 32.8 Å². The van der Waals surface area contributed by atoms with Crippen molar-refractivity contribution in [2.24, 2.45) is 0 Å². The SMILES string of the molecule is CCN1CC2(CCN(CCc3cccc(F)c3F)CC2)OC(C)(C)C1=O. The molecule has 2 aliphatic rings. The Morgan fingerprint density at radius 2 is 1.88 bits per heavy atom. The number of amides is 1. The maximum absolute atomic E-state index is 13.8. The van der Waals surface area contributed by atoms with Gasteiger partial charge in [-0.2, -0.15) is 0 Å². The van der Waals surface area contributed by atoms with E-state index in [0.717, 1.165) is 32.0 Å². The van der Waals surface area contributed by atoms with Gasteiger partial charge < -0.3 is 14.5 Å². The molecule has 2 heterocycles. The second-order valence-corrected chi connectivity index (χ2v) is 7.92. The van der Waals surface area contributed by atoms with E-state index in [0.29, 0.717) is 31.6 Å². The average Bonchev–Trinajstić information content (AvgIpc) is 2.61. The highest BCUT2D eigenvalue weighted by Crippen LogP contribution is 2.37. The third-order valence-electron chi connectivity index (χ3n) is 5.63. The minimum atomic E-state index is -0.791. The fourth-order valence-corrected chi connectivity index (χ4v) is 4.14. The van der Waals surface area contributed by atoms with E-state index >= 15 is 0 Å². The van der Waals surface area contributed by atoms with Gasteiger partial charge in [0.25, 0.3) is 5.91 Å². The van der Waals surface area contributed by atoms with Crippen LogP contribution in [-0.2, 0) is 16.0 Å². The molecule has 6 heteroatoms. The molecule has 2 saturated heterocycles. The first-order valence-electron chi connectivity index (χ1n) is 9.41. The van der Waals surface area contributed by atoms with Crippen molar-refractivity contribution in [3.63, 3.8) is 0 Å². The van der Waals surface area contributed by atoms with E-state index in [2.05, 4.69) is 4.90 Å². The zero-order valence-electron chi connectivity index (χ0n) is 15.9. The lowest BCUT2D eigenvalue weighted by molar-refractivity contribution is -0.216. The molecule has 1 aromatic rings. The molecular formula is C20H28F2N2O2. The predicted octanol–water partition coefficient (Wildman–Crippen LogP) is 3.00. The fourth-order valence-electron chi connectivity index (χ4n) is 4.14. The molecule has 0 atom stereocenters. The summed E-state index contributed by atoms with van der Waals surface area (Å²) in [6.45, 7) is 9.37. The van der Waals surface area contributed by atoms with E-state index in [-0.39, 0.29) is 11.5 Å². The number of ether oxygens (including phenoxy) is 1. The number of rotatable bonds is 4. The summed E-state index contributed by atoms with van der Waals surface area (Å²) < 4.78 is 33.4. The van der Waals surface area contributed by atoms with Crippen LogP contribution in [0.25, 0.3) is 0 Å². The molecule has 144 valence electrons. The summed E-state index contributed by atoms with van der Waals surface area (Å²) in [7, 11) is 0. The fraction of sp³-hybridized carbons (Fsp3) is 0.650. The van der Waals surface area contributed by atoms with E-state index in [1.807, 2.05) is 25.7 Å². The van der Waals surface area contributed by atoms with Gasteiger partial charge in [0.2, 0.25) is 0 Å². The number of halogens is 2.